The van der Waals surface area contributed by atoms with Crippen LogP contribution < -0.4 is 5.73 Å². The van der Waals surface area contributed by atoms with Gasteiger partial charge in [0.2, 0.25) is 0 Å². The monoisotopic (exact) mass is 371 g/mol. The highest BCUT2D eigenvalue weighted by Gasteiger charge is 2.21. The standard InChI is InChI=1S/C26H45N/c1-8-16-25(4,5)18-10-19-26(6,7)17-9-11-22-12-14-23(15-13-22)20-24(27)21(2)3/h12-15,24H,2,8-11,16-20,27H2,1,3-7H3. The molecular formula is C26H45N. The van der Waals surface area contributed by atoms with Gasteiger partial charge in [0.25, 0.3) is 0 Å². The zero-order valence-electron chi connectivity index (χ0n) is 19.0. The second-order valence-corrected chi connectivity index (χ2v) is 10.3. The Hall–Kier alpha value is -1.08. The van der Waals surface area contributed by atoms with Crippen LogP contribution in [0.4, 0.5) is 0 Å². The molecule has 1 heteroatoms. The van der Waals surface area contributed by atoms with Gasteiger partial charge in [0.05, 0.1) is 0 Å². The predicted octanol–water partition coefficient (Wildman–Crippen LogP) is 7.48. The Morgan fingerprint density at radius 1 is 0.889 bits per heavy atom. The zero-order chi connectivity index (χ0) is 20.5. The van der Waals surface area contributed by atoms with Crippen molar-refractivity contribution in [2.45, 2.75) is 105 Å². The van der Waals surface area contributed by atoms with Gasteiger partial charge in [0.15, 0.2) is 0 Å². The lowest BCUT2D eigenvalue weighted by Gasteiger charge is -2.28. The Morgan fingerprint density at radius 2 is 1.37 bits per heavy atom. The molecule has 0 heterocycles. The molecule has 1 unspecified atom stereocenters. The molecule has 0 aliphatic rings. The van der Waals surface area contributed by atoms with E-state index in [-0.39, 0.29) is 6.04 Å². The second kappa shape index (κ2) is 11.1. The summed E-state index contributed by atoms with van der Waals surface area (Å²) in [5.41, 5.74) is 10.9. The van der Waals surface area contributed by atoms with E-state index in [1.807, 2.05) is 6.92 Å². The Bertz CT molecular complexity index is 550. The summed E-state index contributed by atoms with van der Waals surface area (Å²) < 4.78 is 0. The van der Waals surface area contributed by atoms with Crippen molar-refractivity contribution in [2.75, 3.05) is 0 Å². The number of rotatable bonds is 13. The van der Waals surface area contributed by atoms with Crippen molar-refractivity contribution in [1.29, 1.82) is 0 Å². The van der Waals surface area contributed by atoms with Gasteiger partial charge in [-0.15, -0.1) is 0 Å². The Labute approximate surface area is 169 Å². The van der Waals surface area contributed by atoms with E-state index in [0.717, 1.165) is 12.0 Å². The molecule has 0 radical (unpaired) electrons. The highest BCUT2D eigenvalue weighted by atomic mass is 14.6. The molecule has 0 aliphatic carbocycles. The summed E-state index contributed by atoms with van der Waals surface area (Å²) in [6.07, 6.45) is 11.4. The topological polar surface area (TPSA) is 26.0 Å². The van der Waals surface area contributed by atoms with E-state index in [1.54, 1.807) is 0 Å². The molecule has 0 amide bonds. The van der Waals surface area contributed by atoms with Crippen LogP contribution in [-0.4, -0.2) is 6.04 Å². The van der Waals surface area contributed by atoms with Crippen LogP contribution in [0.1, 0.15) is 97.6 Å². The van der Waals surface area contributed by atoms with Gasteiger partial charge in [-0.2, -0.15) is 0 Å². The average Bonchev–Trinajstić information content (AvgIpc) is 2.55. The van der Waals surface area contributed by atoms with Crippen LogP contribution in [0.3, 0.4) is 0 Å². The van der Waals surface area contributed by atoms with Gasteiger partial charge >= 0.3 is 0 Å². The lowest BCUT2D eigenvalue weighted by Crippen LogP contribution is -2.23. The summed E-state index contributed by atoms with van der Waals surface area (Å²) in [6.45, 7) is 18.0. The number of hydrogen-bond acceptors (Lipinski definition) is 1. The predicted molar refractivity (Wildman–Crippen MR) is 122 cm³/mol. The summed E-state index contributed by atoms with van der Waals surface area (Å²) in [7, 11) is 0. The van der Waals surface area contributed by atoms with Crippen LogP contribution in [0, 0.1) is 10.8 Å². The fourth-order valence-electron chi connectivity index (χ4n) is 4.01. The quantitative estimate of drug-likeness (QED) is 0.357. The summed E-state index contributed by atoms with van der Waals surface area (Å²) in [4.78, 5) is 0. The first-order valence-corrected chi connectivity index (χ1v) is 11.0. The molecule has 1 rings (SSSR count). The summed E-state index contributed by atoms with van der Waals surface area (Å²) in [6, 6.07) is 9.10. The number of benzene rings is 1. The molecule has 1 aromatic carbocycles. The third-order valence-corrected chi connectivity index (χ3v) is 6.06. The van der Waals surface area contributed by atoms with Crippen molar-refractivity contribution in [3.8, 4) is 0 Å². The van der Waals surface area contributed by atoms with Crippen molar-refractivity contribution in [3.05, 3.63) is 47.5 Å². The minimum Gasteiger partial charge on any atom is -0.324 e. The largest absolute Gasteiger partial charge is 0.324 e. The van der Waals surface area contributed by atoms with Crippen LogP contribution >= 0.6 is 0 Å². The van der Waals surface area contributed by atoms with E-state index in [9.17, 15) is 0 Å². The minimum atomic E-state index is 0.0685. The molecule has 0 saturated heterocycles. The number of nitrogens with two attached hydrogens (primary N) is 1. The lowest BCUT2D eigenvalue weighted by atomic mass is 9.77. The van der Waals surface area contributed by atoms with Crippen molar-refractivity contribution < 1.29 is 0 Å². The second-order valence-electron chi connectivity index (χ2n) is 10.3. The third kappa shape index (κ3) is 10.1. The number of aryl methyl sites for hydroxylation is 1. The van der Waals surface area contributed by atoms with Crippen molar-refractivity contribution in [2.24, 2.45) is 16.6 Å². The molecular weight excluding hydrogens is 326 g/mol. The fourth-order valence-corrected chi connectivity index (χ4v) is 4.01. The summed E-state index contributed by atoms with van der Waals surface area (Å²) in [5, 5.41) is 0. The minimum absolute atomic E-state index is 0.0685. The molecule has 1 aromatic rings. The van der Waals surface area contributed by atoms with E-state index in [1.165, 1.54) is 62.5 Å². The van der Waals surface area contributed by atoms with Gasteiger partial charge in [-0.05, 0) is 73.8 Å². The molecule has 1 atom stereocenters. The van der Waals surface area contributed by atoms with Crippen LogP contribution in [0.25, 0.3) is 0 Å². The third-order valence-electron chi connectivity index (χ3n) is 6.06. The molecule has 0 aliphatic heterocycles. The SMILES string of the molecule is C=C(C)C(N)Cc1ccc(CCCC(C)(C)CCCC(C)(C)CCC)cc1. The normalized spacial score (nSPS) is 13.6. The molecule has 27 heavy (non-hydrogen) atoms. The van der Waals surface area contributed by atoms with Gasteiger partial charge in [-0.25, -0.2) is 0 Å². The van der Waals surface area contributed by atoms with E-state index in [2.05, 4.69) is 65.5 Å². The Morgan fingerprint density at radius 3 is 1.89 bits per heavy atom. The maximum absolute atomic E-state index is 6.10. The van der Waals surface area contributed by atoms with Gasteiger partial charge in [0, 0.05) is 6.04 Å². The average molecular weight is 372 g/mol. The van der Waals surface area contributed by atoms with E-state index >= 15 is 0 Å². The molecule has 1 nitrogen and oxygen atoms in total. The molecule has 0 spiro atoms. The zero-order valence-corrected chi connectivity index (χ0v) is 19.0. The van der Waals surface area contributed by atoms with Crippen LogP contribution in [0.5, 0.6) is 0 Å². The molecule has 0 aromatic heterocycles. The first-order chi connectivity index (χ1) is 12.5. The van der Waals surface area contributed by atoms with Crippen molar-refractivity contribution >= 4 is 0 Å². The van der Waals surface area contributed by atoms with E-state index < -0.39 is 0 Å². The lowest BCUT2D eigenvalue weighted by molar-refractivity contribution is 0.240. The van der Waals surface area contributed by atoms with Gasteiger partial charge in [-0.3, -0.25) is 0 Å². The maximum Gasteiger partial charge on any atom is 0.0289 e. The molecule has 154 valence electrons. The van der Waals surface area contributed by atoms with Crippen LogP contribution in [0.15, 0.2) is 36.4 Å². The van der Waals surface area contributed by atoms with Gasteiger partial charge in [-0.1, -0.05) is 83.9 Å². The highest BCUT2D eigenvalue weighted by Crippen LogP contribution is 2.34. The van der Waals surface area contributed by atoms with Gasteiger partial charge < -0.3 is 5.73 Å². The van der Waals surface area contributed by atoms with Crippen molar-refractivity contribution in [3.63, 3.8) is 0 Å². The van der Waals surface area contributed by atoms with E-state index in [4.69, 9.17) is 5.73 Å². The van der Waals surface area contributed by atoms with Crippen LogP contribution in [0.2, 0.25) is 0 Å². The summed E-state index contributed by atoms with van der Waals surface area (Å²) in [5.74, 6) is 0. The van der Waals surface area contributed by atoms with Crippen molar-refractivity contribution in [1.82, 2.24) is 0 Å². The van der Waals surface area contributed by atoms with Crippen LogP contribution in [-0.2, 0) is 12.8 Å². The first-order valence-electron chi connectivity index (χ1n) is 11.0. The molecule has 0 saturated carbocycles. The van der Waals surface area contributed by atoms with E-state index in [0.29, 0.717) is 10.8 Å². The molecule has 0 fully saturated rings. The highest BCUT2D eigenvalue weighted by molar-refractivity contribution is 5.24. The molecule has 2 N–H and O–H groups in total. The summed E-state index contributed by atoms with van der Waals surface area (Å²) >= 11 is 0. The fraction of sp³-hybridized carbons (Fsp3) is 0.692. The Kier molecular flexibility index (Phi) is 9.81. The number of hydrogen-bond donors (Lipinski definition) is 1. The first kappa shape index (κ1) is 24.0. The smallest absolute Gasteiger partial charge is 0.0289 e. The van der Waals surface area contributed by atoms with Gasteiger partial charge in [0.1, 0.15) is 0 Å². The maximum atomic E-state index is 6.10. The Balaban J connectivity index is 2.35. The molecule has 0 bridgehead atoms.